The summed E-state index contributed by atoms with van der Waals surface area (Å²) in [5.41, 5.74) is 3.90. The van der Waals surface area contributed by atoms with E-state index in [4.69, 9.17) is 9.47 Å². The van der Waals surface area contributed by atoms with Gasteiger partial charge < -0.3 is 9.47 Å². The fraction of sp³-hybridized carbons (Fsp3) is 0.103. The highest BCUT2D eigenvalue weighted by atomic mass is 16.5. The summed E-state index contributed by atoms with van der Waals surface area (Å²) in [5, 5.41) is 8.22. The van der Waals surface area contributed by atoms with E-state index in [1.165, 1.54) is 15.8 Å². The number of fused-ring (bicyclic) bond motifs is 1. The van der Waals surface area contributed by atoms with Gasteiger partial charge in [-0.1, -0.05) is 66.7 Å². The lowest BCUT2D eigenvalue weighted by Gasteiger charge is -2.13. The third-order valence-electron chi connectivity index (χ3n) is 5.83. The summed E-state index contributed by atoms with van der Waals surface area (Å²) < 4.78 is 11.7. The van der Waals surface area contributed by atoms with Crippen LogP contribution in [-0.4, -0.2) is 18.7 Å². The first-order chi connectivity index (χ1) is 16.6. The maximum atomic E-state index is 13.0. The molecule has 0 spiro atoms. The Balaban J connectivity index is 1.37. The Labute approximate surface area is 198 Å². The Morgan fingerprint density at radius 3 is 2.47 bits per heavy atom. The first-order valence-electron chi connectivity index (χ1n) is 11.1. The SMILES string of the molecule is COc1cc(/C=C2\C(=O)N(c3ccccc3)N=C2C)ccc1OCc1cccc2ccccc12. The van der Waals surface area contributed by atoms with Gasteiger partial charge in [-0.2, -0.15) is 10.1 Å². The summed E-state index contributed by atoms with van der Waals surface area (Å²) in [6.45, 7) is 2.26. The molecule has 1 aliphatic rings. The van der Waals surface area contributed by atoms with E-state index in [9.17, 15) is 4.79 Å². The molecule has 5 rings (SSSR count). The van der Waals surface area contributed by atoms with E-state index < -0.39 is 0 Å². The number of para-hydroxylation sites is 1. The van der Waals surface area contributed by atoms with Gasteiger partial charge in [0.2, 0.25) is 0 Å². The van der Waals surface area contributed by atoms with Crippen LogP contribution in [0.1, 0.15) is 18.1 Å². The highest BCUT2D eigenvalue weighted by molar-refractivity contribution is 6.32. The molecule has 0 aromatic heterocycles. The lowest BCUT2D eigenvalue weighted by atomic mass is 10.1. The van der Waals surface area contributed by atoms with E-state index in [1.54, 1.807) is 7.11 Å². The zero-order valence-corrected chi connectivity index (χ0v) is 19.1. The molecule has 0 N–H and O–H groups in total. The second-order valence-electron chi connectivity index (χ2n) is 8.03. The van der Waals surface area contributed by atoms with Crippen LogP contribution in [0.15, 0.2) is 102 Å². The molecule has 5 nitrogen and oxygen atoms in total. The lowest BCUT2D eigenvalue weighted by Crippen LogP contribution is -2.21. The van der Waals surface area contributed by atoms with Crippen molar-refractivity contribution in [3.8, 4) is 11.5 Å². The summed E-state index contributed by atoms with van der Waals surface area (Å²) in [6.07, 6.45) is 1.83. The van der Waals surface area contributed by atoms with Gasteiger partial charge in [0.15, 0.2) is 11.5 Å². The molecule has 0 saturated heterocycles. The van der Waals surface area contributed by atoms with Gasteiger partial charge in [0.1, 0.15) is 6.61 Å². The first kappa shape index (κ1) is 21.5. The van der Waals surface area contributed by atoms with Crippen molar-refractivity contribution in [2.45, 2.75) is 13.5 Å². The monoisotopic (exact) mass is 448 g/mol. The Bertz CT molecular complexity index is 1420. The maximum absolute atomic E-state index is 13.0. The second kappa shape index (κ2) is 9.24. The number of hydrazone groups is 1. The van der Waals surface area contributed by atoms with Crippen molar-refractivity contribution in [2.24, 2.45) is 5.10 Å². The average molecular weight is 449 g/mol. The Morgan fingerprint density at radius 1 is 0.882 bits per heavy atom. The maximum Gasteiger partial charge on any atom is 0.280 e. The van der Waals surface area contributed by atoms with Crippen LogP contribution < -0.4 is 14.5 Å². The number of rotatable bonds is 6. The van der Waals surface area contributed by atoms with Crippen molar-refractivity contribution in [2.75, 3.05) is 12.1 Å². The number of hydrogen-bond donors (Lipinski definition) is 0. The fourth-order valence-electron chi connectivity index (χ4n) is 4.06. The van der Waals surface area contributed by atoms with E-state index in [0.29, 0.717) is 29.4 Å². The fourth-order valence-corrected chi connectivity index (χ4v) is 4.06. The quantitative estimate of drug-likeness (QED) is 0.328. The lowest BCUT2D eigenvalue weighted by molar-refractivity contribution is -0.114. The number of carbonyl (C=O) groups excluding carboxylic acids is 1. The summed E-state index contributed by atoms with van der Waals surface area (Å²) in [5.74, 6) is 1.10. The number of ether oxygens (including phenoxy) is 2. The summed E-state index contributed by atoms with van der Waals surface area (Å²) in [7, 11) is 1.61. The molecule has 4 aromatic rings. The molecule has 5 heteroatoms. The average Bonchev–Trinajstić information content (AvgIpc) is 3.16. The Morgan fingerprint density at radius 2 is 1.65 bits per heavy atom. The van der Waals surface area contributed by atoms with Crippen molar-refractivity contribution >= 4 is 34.2 Å². The highest BCUT2D eigenvalue weighted by Gasteiger charge is 2.28. The van der Waals surface area contributed by atoms with E-state index >= 15 is 0 Å². The van der Waals surface area contributed by atoms with Gasteiger partial charge in [-0.15, -0.1) is 0 Å². The standard InChI is InChI=1S/C29H24N2O3/c1-20-26(29(32)31(30-20)24-12-4-3-5-13-24)17-21-15-16-27(28(18-21)33-2)34-19-23-11-8-10-22-9-6-7-14-25(22)23/h3-18H,19H2,1-2H3/b26-17-. The predicted molar refractivity (Wildman–Crippen MR) is 136 cm³/mol. The molecule has 34 heavy (non-hydrogen) atoms. The van der Waals surface area contributed by atoms with Gasteiger partial charge in [0.25, 0.3) is 5.91 Å². The van der Waals surface area contributed by atoms with Crippen LogP contribution in [0.25, 0.3) is 16.8 Å². The minimum atomic E-state index is -0.154. The summed E-state index contributed by atoms with van der Waals surface area (Å²) >= 11 is 0. The van der Waals surface area contributed by atoms with Crippen molar-refractivity contribution in [1.82, 2.24) is 0 Å². The van der Waals surface area contributed by atoms with Crippen molar-refractivity contribution in [3.05, 3.63) is 108 Å². The second-order valence-corrected chi connectivity index (χ2v) is 8.03. The van der Waals surface area contributed by atoms with Gasteiger partial charge in [0, 0.05) is 0 Å². The normalized spacial score (nSPS) is 14.5. The van der Waals surface area contributed by atoms with Crippen LogP contribution in [0.2, 0.25) is 0 Å². The molecule has 0 atom stereocenters. The molecule has 4 aromatic carbocycles. The van der Waals surface area contributed by atoms with Crippen LogP contribution in [0, 0.1) is 0 Å². The van der Waals surface area contributed by atoms with Crippen molar-refractivity contribution in [3.63, 3.8) is 0 Å². The summed E-state index contributed by atoms with van der Waals surface area (Å²) in [6, 6.07) is 29.5. The van der Waals surface area contributed by atoms with E-state index in [1.807, 2.05) is 79.7 Å². The molecule has 1 aliphatic heterocycles. The molecule has 0 unspecified atom stereocenters. The molecule has 168 valence electrons. The van der Waals surface area contributed by atoms with Crippen LogP contribution >= 0.6 is 0 Å². The molecular weight excluding hydrogens is 424 g/mol. The highest BCUT2D eigenvalue weighted by Crippen LogP contribution is 2.32. The van der Waals surface area contributed by atoms with Crippen LogP contribution in [0.4, 0.5) is 5.69 Å². The van der Waals surface area contributed by atoms with Crippen LogP contribution in [0.3, 0.4) is 0 Å². The minimum Gasteiger partial charge on any atom is -0.493 e. The topological polar surface area (TPSA) is 51.1 Å². The minimum absolute atomic E-state index is 0.154. The number of methoxy groups -OCH3 is 1. The van der Waals surface area contributed by atoms with E-state index in [-0.39, 0.29) is 5.91 Å². The number of hydrogen-bond acceptors (Lipinski definition) is 4. The van der Waals surface area contributed by atoms with Crippen LogP contribution in [-0.2, 0) is 11.4 Å². The molecule has 1 heterocycles. The molecular formula is C29H24N2O3. The summed E-state index contributed by atoms with van der Waals surface area (Å²) in [4.78, 5) is 13.0. The Hall–Kier alpha value is -4.38. The molecule has 0 radical (unpaired) electrons. The molecule has 1 amide bonds. The predicted octanol–water partition coefficient (Wildman–Crippen LogP) is 6.23. The van der Waals surface area contributed by atoms with E-state index in [2.05, 4.69) is 29.4 Å². The van der Waals surface area contributed by atoms with Crippen LogP contribution in [0.5, 0.6) is 11.5 Å². The molecule has 0 fully saturated rings. The van der Waals surface area contributed by atoms with Gasteiger partial charge in [0.05, 0.1) is 24.1 Å². The van der Waals surface area contributed by atoms with Gasteiger partial charge >= 0.3 is 0 Å². The largest absolute Gasteiger partial charge is 0.493 e. The molecule has 0 bridgehead atoms. The zero-order valence-electron chi connectivity index (χ0n) is 19.1. The van der Waals surface area contributed by atoms with Gasteiger partial charge in [-0.3, -0.25) is 4.79 Å². The number of carbonyl (C=O) groups is 1. The number of anilines is 1. The number of amides is 1. The molecule has 0 saturated carbocycles. The molecule has 0 aliphatic carbocycles. The van der Waals surface area contributed by atoms with Gasteiger partial charge in [-0.05, 0) is 59.2 Å². The van der Waals surface area contributed by atoms with E-state index in [0.717, 1.165) is 16.8 Å². The Kier molecular flexibility index (Phi) is 5.83. The third-order valence-corrected chi connectivity index (χ3v) is 5.83. The van der Waals surface area contributed by atoms with Crippen molar-refractivity contribution < 1.29 is 14.3 Å². The zero-order chi connectivity index (χ0) is 23.5. The van der Waals surface area contributed by atoms with Gasteiger partial charge in [-0.25, -0.2) is 0 Å². The smallest absolute Gasteiger partial charge is 0.280 e. The van der Waals surface area contributed by atoms with Crippen molar-refractivity contribution in [1.29, 1.82) is 0 Å². The number of benzene rings is 4. The number of nitrogens with zero attached hydrogens (tertiary/aromatic N) is 2. The first-order valence-corrected chi connectivity index (χ1v) is 11.1. The third kappa shape index (κ3) is 4.16.